The van der Waals surface area contributed by atoms with Gasteiger partial charge in [-0.2, -0.15) is 0 Å². The quantitative estimate of drug-likeness (QED) is 0.661. The minimum atomic E-state index is -0.0543. The molecule has 0 radical (unpaired) electrons. The highest BCUT2D eigenvalue weighted by Gasteiger charge is 2.30. The van der Waals surface area contributed by atoms with Crippen molar-refractivity contribution >= 4 is 5.91 Å². The summed E-state index contributed by atoms with van der Waals surface area (Å²) in [5.74, 6) is 1.81. The summed E-state index contributed by atoms with van der Waals surface area (Å²) in [6, 6.07) is 20.7. The Bertz CT molecular complexity index is 942. The lowest BCUT2D eigenvalue weighted by molar-refractivity contribution is 0.0768. The van der Waals surface area contributed by atoms with Crippen molar-refractivity contribution in [3.8, 4) is 17.4 Å². The number of hydrogen-bond acceptors (Lipinski definition) is 4. The van der Waals surface area contributed by atoms with Gasteiger partial charge in [-0.25, -0.2) is 4.98 Å². The van der Waals surface area contributed by atoms with Crippen LogP contribution in [0, 0.1) is 6.92 Å². The number of rotatable bonds is 5. The second kappa shape index (κ2) is 8.13. The molecule has 1 unspecified atom stereocenters. The van der Waals surface area contributed by atoms with Crippen LogP contribution in [0.2, 0.25) is 0 Å². The molecule has 5 heteroatoms. The number of hydrogen-bond donors (Lipinski definition) is 0. The first kappa shape index (κ1) is 18.0. The highest BCUT2D eigenvalue weighted by atomic mass is 16.5. The van der Waals surface area contributed by atoms with Gasteiger partial charge in [-0.15, -0.1) is 0 Å². The van der Waals surface area contributed by atoms with Crippen molar-refractivity contribution in [3.05, 3.63) is 84.1 Å². The van der Waals surface area contributed by atoms with Crippen LogP contribution >= 0.6 is 0 Å². The molecule has 1 aromatic heterocycles. The van der Waals surface area contributed by atoms with Crippen molar-refractivity contribution in [1.29, 1.82) is 0 Å². The average Bonchev–Trinajstić information content (AvgIpc) is 3.19. The molecule has 1 aliphatic heterocycles. The maximum Gasteiger partial charge on any atom is 0.257 e. The van der Waals surface area contributed by atoms with Crippen molar-refractivity contribution in [3.63, 3.8) is 0 Å². The smallest absolute Gasteiger partial charge is 0.257 e. The van der Waals surface area contributed by atoms with Gasteiger partial charge in [0.25, 0.3) is 5.91 Å². The summed E-state index contributed by atoms with van der Waals surface area (Å²) >= 11 is 0. The second-order valence-corrected chi connectivity index (χ2v) is 6.86. The zero-order chi connectivity index (χ0) is 19.3. The van der Waals surface area contributed by atoms with E-state index in [0.29, 0.717) is 36.0 Å². The molecule has 1 saturated heterocycles. The van der Waals surface area contributed by atoms with Gasteiger partial charge in [-0.1, -0.05) is 36.4 Å². The maximum absolute atomic E-state index is 13.1. The number of para-hydroxylation sites is 2. The fourth-order valence-corrected chi connectivity index (χ4v) is 3.22. The first-order valence-electron chi connectivity index (χ1n) is 9.39. The number of aryl methyl sites for hydroxylation is 1. The van der Waals surface area contributed by atoms with Crippen LogP contribution in [0.1, 0.15) is 22.3 Å². The third-order valence-electron chi connectivity index (χ3n) is 4.69. The number of likely N-dealkylation sites (tertiary alicyclic amines) is 1. The van der Waals surface area contributed by atoms with E-state index in [1.165, 1.54) is 0 Å². The van der Waals surface area contributed by atoms with Crippen molar-refractivity contribution in [2.45, 2.75) is 19.4 Å². The number of ether oxygens (including phenoxy) is 2. The molecule has 5 nitrogen and oxygen atoms in total. The van der Waals surface area contributed by atoms with Gasteiger partial charge in [0.15, 0.2) is 0 Å². The van der Waals surface area contributed by atoms with E-state index >= 15 is 0 Å². The molecule has 0 aliphatic carbocycles. The molecule has 142 valence electrons. The molecular formula is C23H22N2O3. The number of amides is 1. The van der Waals surface area contributed by atoms with Crippen molar-refractivity contribution in [2.75, 3.05) is 13.1 Å². The normalized spacial score (nSPS) is 16.0. The lowest BCUT2D eigenvalue weighted by Gasteiger charge is -2.19. The van der Waals surface area contributed by atoms with Crippen LogP contribution in [-0.2, 0) is 0 Å². The molecule has 3 aromatic rings. The van der Waals surface area contributed by atoms with Crippen molar-refractivity contribution < 1.29 is 14.3 Å². The average molecular weight is 374 g/mol. The van der Waals surface area contributed by atoms with E-state index in [0.717, 1.165) is 12.0 Å². The van der Waals surface area contributed by atoms with Gasteiger partial charge in [-0.05, 0) is 36.8 Å². The molecule has 4 rings (SSSR count). The largest absolute Gasteiger partial charge is 0.472 e. The Hall–Kier alpha value is -3.34. The topological polar surface area (TPSA) is 51.7 Å². The number of carbonyl (C=O) groups excluding carboxylic acids is 1. The Balaban J connectivity index is 1.44. The van der Waals surface area contributed by atoms with E-state index in [1.54, 1.807) is 12.3 Å². The molecular weight excluding hydrogens is 352 g/mol. The fraction of sp³-hybridized carbons (Fsp3) is 0.217. The van der Waals surface area contributed by atoms with Crippen LogP contribution in [0.5, 0.6) is 17.4 Å². The minimum absolute atomic E-state index is 0.0468. The molecule has 2 heterocycles. The first-order valence-corrected chi connectivity index (χ1v) is 9.39. The summed E-state index contributed by atoms with van der Waals surface area (Å²) in [5, 5.41) is 0. The van der Waals surface area contributed by atoms with Crippen LogP contribution in [0.15, 0.2) is 72.9 Å². The SMILES string of the molecule is Cc1ccc(OC2CCN(C(=O)c3ccccc3Oc3ccccc3)C2)nc1. The second-order valence-electron chi connectivity index (χ2n) is 6.86. The summed E-state index contributed by atoms with van der Waals surface area (Å²) in [4.78, 5) is 19.2. The number of nitrogens with zero attached hydrogens (tertiary/aromatic N) is 2. The predicted molar refractivity (Wildman–Crippen MR) is 107 cm³/mol. The van der Waals surface area contributed by atoms with Gasteiger partial charge >= 0.3 is 0 Å². The molecule has 1 amide bonds. The molecule has 1 fully saturated rings. The lowest BCUT2D eigenvalue weighted by atomic mass is 10.1. The van der Waals surface area contributed by atoms with Gasteiger partial charge in [0.1, 0.15) is 17.6 Å². The highest BCUT2D eigenvalue weighted by molar-refractivity contribution is 5.97. The fourth-order valence-electron chi connectivity index (χ4n) is 3.22. The molecule has 1 atom stereocenters. The monoisotopic (exact) mass is 374 g/mol. The van der Waals surface area contributed by atoms with Crippen LogP contribution in [-0.4, -0.2) is 35.0 Å². The molecule has 1 aliphatic rings. The summed E-state index contributed by atoms with van der Waals surface area (Å²) in [6.07, 6.45) is 2.51. The Morgan fingerprint density at radius 2 is 1.82 bits per heavy atom. The van der Waals surface area contributed by atoms with E-state index in [-0.39, 0.29) is 12.0 Å². The number of aromatic nitrogens is 1. The first-order chi connectivity index (χ1) is 13.7. The van der Waals surface area contributed by atoms with E-state index in [1.807, 2.05) is 72.5 Å². The van der Waals surface area contributed by atoms with E-state index < -0.39 is 0 Å². The molecule has 0 saturated carbocycles. The Labute approximate surface area is 164 Å². The van der Waals surface area contributed by atoms with Crippen LogP contribution in [0.4, 0.5) is 0 Å². The van der Waals surface area contributed by atoms with Gasteiger partial charge in [-0.3, -0.25) is 4.79 Å². The van der Waals surface area contributed by atoms with Gasteiger partial charge < -0.3 is 14.4 Å². The third kappa shape index (κ3) is 4.14. The predicted octanol–water partition coefficient (Wildman–Crippen LogP) is 4.48. The molecule has 0 bridgehead atoms. The minimum Gasteiger partial charge on any atom is -0.472 e. The zero-order valence-corrected chi connectivity index (χ0v) is 15.7. The van der Waals surface area contributed by atoms with Crippen LogP contribution in [0.25, 0.3) is 0 Å². The number of pyridine rings is 1. The summed E-state index contributed by atoms with van der Waals surface area (Å²) in [7, 11) is 0. The molecule has 28 heavy (non-hydrogen) atoms. The number of benzene rings is 2. The van der Waals surface area contributed by atoms with Gasteiger partial charge in [0.2, 0.25) is 5.88 Å². The standard InChI is InChI=1S/C23H22N2O3/c1-17-11-12-22(24-15-17)28-19-13-14-25(16-19)23(26)20-9-5-6-10-21(20)27-18-7-3-2-4-8-18/h2-12,15,19H,13-14,16H2,1H3. The van der Waals surface area contributed by atoms with Crippen LogP contribution in [0.3, 0.4) is 0 Å². The molecule has 0 spiro atoms. The lowest BCUT2D eigenvalue weighted by Crippen LogP contribution is -2.31. The highest BCUT2D eigenvalue weighted by Crippen LogP contribution is 2.27. The molecule has 2 aromatic carbocycles. The Morgan fingerprint density at radius 1 is 1.04 bits per heavy atom. The van der Waals surface area contributed by atoms with E-state index in [9.17, 15) is 4.79 Å². The summed E-state index contributed by atoms with van der Waals surface area (Å²) in [5.41, 5.74) is 1.64. The number of carbonyl (C=O) groups is 1. The summed E-state index contributed by atoms with van der Waals surface area (Å²) < 4.78 is 11.9. The van der Waals surface area contributed by atoms with E-state index in [2.05, 4.69) is 4.98 Å². The van der Waals surface area contributed by atoms with Crippen molar-refractivity contribution in [1.82, 2.24) is 9.88 Å². The van der Waals surface area contributed by atoms with Crippen molar-refractivity contribution in [2.24, 2.45) is 0 Å². The summed E-state index contributed by atoms with van der Waals surface area (Å²) in [6.45, 7) is 3.17. The van der Waals surface area contributed by atoms with Gasteiger partial charge in [0.05, 0.1) is 12.1 Å². The van der Waals surface area contributed by atoms with E-state index in [4.69, 9.17) is 9.47 Å². The van der Waals surface area contributed by atoms with Gasteiger partial charge in [0, 0.05) is 25.2 Å². The van der Waals surface area contributed by atoms with Crippen LogP contribution < -0.4 is 9.47 Å². The Morgan fingerprint density at radius 3 is 2.61 bits per heavy atom. The third-order valence-corrected chi connectivity index (χ3v) is 4.69. The maximum atomic E-state index is 13.1. The Kier molecular flexibility index (Phi) is 5.24. The molecule has 0 N–H and O–H groups in total. The zero-order valence-electron chi connectivity index (χ0n) is 15.7.